The number of para-hydroxylation sites is 1. The summed E-state index contributed by atoms with van der Waals surface area (Å²) < 4.78 is 25.4. The molecule has 2 aromatic carbocycles. The fourth-order valence-electron chi connectivity index (χ4n) is 2.99. The molecule has 24 heavy (non-hydrogen) atoms. The topological polar surface area (TPSA) is 57.7 Å². The zero-order chi connectivity index (χ0) is 17.5. The van der Waals surface area contributed by atoms with Crippen molar-refractivity contribution in [1.29, 1.82) is 0 Å². The molecule has 1 heterocycles. The number of fused-ring (bicyclic) bond motifs is 1. The Morgan fingerprint density at radius 2 is 1.71 bits per heavy atom. The van der Waals surface area contributed by atoms with Gasteiger partial charge in [0.25, 0.3) is 5.91 Å². The van der Waals surface area contributed by atoms with Crippen LogP contribution in [0.1, 0.15) is 22.8 Å². The quantitative estimate of drug-likeness (QED) is 0.860. The Hall–Kier alpha value is -2.18. The van der Waals surface area contributed by atoms with Crippen LogP contribution < -0.4 is 4.90 Å². The summed E-state index contributed by atoms with van der Waals surface area (Å²) >= 11 is 0. The molecule has 1 aliphatic heterocycles. The molecule has 0 spiro atoms. The third kappa shape index (κ3) is 2.72. The molecule has 1 unspecified atom stereocenters. The van der Waals surface area contributed by atoms with Crippen molar-refractivity contribution in [3.05, 3.63) is 59.7 Å². The van der Waals surface area contributed by atoms with Crippen LogP contribution >= 0.6 is 0 Å². The summed E-state index contributed by atoms with van der Waals surface area (Å²) in [7, 11) is -0.523. The lowest BCUT2D eigenvalue weighted by Gasteiger charge is -2.23. The van der Waals surface area contributed by atoms with Crippen LogP contribution in [0.4, 0.5) is 5.69 Å². The number of benzene rings is 2. The molecular weight excluding hydrogens is 324 g/mol. The molecule has 5 nitrogen and oxygen atoms in total. The molecular formula is C18H20N2O3S. The molecule has 0 bridgehead atoms. The second-order valence-corrected chi connectivity index (χ2v) is 8.32. The van der Waals surface area contributed by atoms with Crippen LogP contribution in [-0.2, 0) is 16.4 Å². The highest BCUT2D eigenvalue weighted by atomic mass is 32.2. The van der Waals surface area contributed by atoms with E-state index in [1.54, 1.807) is 17.0 Å². The Morgan fingerprint density at radius 3 is 2.33 bits per heavy atom. The number of rotatable bonds is 3. The number of amides is 1. The summed E-state index contributed by atoms with van der Waals surface area (Å²) in [5, 5.41) is 0. The summed E-state index contributed by atoms with van der Waals surface area (Å²) in [5.74, 6) is -0.110. The maximum Gasteiger partial charge on any atom is 0.258 e. The largest absolute Gasteiger partial charge is 0.305 e. The number of hydrogen-bond donors (Lipinski definition) is 0. The van der Waals surface area contributed by atoms with Crippen molar-refractivity contribution in [3.8, 4) is 0 Å². The van der Waals surface area contributed by atoms with Gasteiger partial charge in [-0.1, -0.05) is 18.2 Å². The number of carbonyl (C=O) groups is 1. The van der Waals surface area contributed by atoms with Crippen molar-refractivity contribution in [3.63, 3.8) is 0 Å². The third-order valence-electron chi connectivity index (χ3n) is 4.31. The van der Waals surface area contributed by atoms with Gasteiger partial charge < -0.3 is 4.90 Å². The predicted octanol–water partition coefficient (Wildman–Crippen LogP) is 2.53. The number of anilines is 1. The summed E-state index contributed by atoms with van der Waals surface area (Å²) in [6.07, 6.45) is 0.828. The molecule has 3 rings (SSSR count). The van der Waals surface area contributed by atoms with Gasteiger partial charge in [0.05, 0.1) is 4.90 Å². The Labute approximate surface area is 142 Å². The minimum Gasteiger partial charge on any atom is -0.305 e. The van der Waals surface area contributed by atoms with E-state index < -0.39 is 10.0 Å². The molecule has 0 N–H and O–H groups in total. The maximum absolute atomic E-state index is 12.9. The molecule has 1 amide bonds. The van der Waals surface area contributed by atoms with E-state index in [4.69, 9.17) is 0 Å². The minimum atomic E-state index is -3.49. The van der Waals surface area contributed by atoms with E-state index in [2.05, 4.69) is 0 Å². The molecule has 126 valence electrons. The Morgan fingerprint density at radius 1 is 1.08 bits per heavy atom. The Kier molecular flexibility index (Phi) is 4.19. The molecule has 0 fully saturated rings. The van der Waals surface area contributed by atoms with Crippen LogP contribution in [0.15, 0.2) is 53.4 Å². The van der Waals surface area contributed by atoms with Gasteiger partial charge >= 0.3 is 0 Å². The van der Waals surface area contributed by atoms with Crippen LogP contribution in [-0.4, -0.2) is 38.8 Å². The first-order chi connectivity index (χ1) is 11.3. The van der Waals surface area contributed by atoms with Crippen molar-refractivity contribution < 1.29 is 13.2 Å². The molecule has 0 aliphatic carbocycles. The van der Waals surface area contributed by atoms with Gasteiger partial charge in [-0.2, -0.15) is 0 Å². The van der Waals surface area contributed by atoms with Gasteiger partial charge in [-0.3, -0.25) is 4.79 Å². The van der Waals surface area contributed by atoms with Gasteiger partial charge in [0.2, 0.25) is 10.0 Å². The molecule has 6 heteroatoms. The van der Waals surface area contributed by atoms with Gasteiger partial charge in [0, 0.05) is 31.4 Å². The predicted molar refractivity (Wildman–Crippen MR) is 93.7 cm³/mol. The van der Waals surface area contributed by atoms with Crippen molar-refractivity contribution in [2.24, 2.45) is 0 Å². The minimum absolute atomic E-state index is 0.0834. The van der Waals surface area contributed by atoms with Crippen molar-refractivity contribution in [2.45, 2.75) is 24.3 Å². The number of nitrogens with zero attached hydrogens (tertiary/aromatic N) is 2. The summed E-state index contributed by atoms with van der Waals surface area (Å²) in [4.78, 5) is 14.8. The highest BCUT2D eigenvalue weighted by Gasteiger charge is 2.31. The van der Waals surface area contributed by atoms with Crippen LogP contribution in [0, 0.1) is 0 Å². The molecule has 0 saturated carbocycles. The molecule has 0 saturated heterocycles. The summed E-state index contributed by atoms with van der Waals surface area (Å²) in [5.41, 5.74) is 2.57. The van der Waals surface area contributed by atoms with Crippen LogP contribution in [0.5, 0.6) is 0 Å². The Balaban J connectivity index is 1.92. The van der Waals surface area contributed by atoms with Crippen LogP contribution in [0.3, 0.4) is 0 Å². The average molecular weight is 344 g/mol. The highest BCUT2D eigenvalue weighted by Crippen LogP contribution is 2.33. The van der Waals surface area contributed by atoms with Gasteiger partial charge in [0.1, 0.15) is 0 Å². The van der Waals surface area contributed by atoms with Gasteiger partial charge in [-0.15, -0.1) is 0 Å². The first-order valence-corrected chi connectivity index (χ1v) is 9.20. The van der Waals surface area contributed by atoms with Crippen molar-refractivity contribution >= 4 is 21.6 Å². The van der Waals surface area contributed by atoms with Gasteiger partial charge in [-0.05, 0) is 49.2 Å². The van der Waals surface area contributed by atoms with E-state index in [1.807, 2.05) is 31.2 Å². The normalized spacial score (nSPS) is 17.2. The van der Waals surface area contributed by atoms with Gasteiger partial charge in [-0.25, -0.2) is 12.7 Å². The van der Waals surface area contributed by atoms with Crippen molar-refractivity contribution in [2.75, 3.05) is 19.0 Å². The number of hydrogen-bond acceptors (Lipinski definition) is 3. The molecule has 1 aliphatic rings. The first-order valence-electron chi connectivity index (χ1n) is 7.76. The SMILES string of the molecule is CC1Cc2ccccc2N1C(=O)c1ccc(S(=O)(=O)N(C)C)cc1. The third-order valence-corrected chi connectivity index (χ3v) is 6.14. The van der Waals surface area contributed by atoms with E-state index in [0.717, 1.165) is 22.0 Å². The zero-order valence-electron chi connectivity index (χ0n) is 13.9. The van der Waals surface area contributed by atoms with E-state index in [-0.39, 0.29) is 16.8 Å². The zero-order valence-corrected chi connectivity index (χ0v) is 14.7. The number of carbonyl (C=O) groups excluding carboxylic acids is 1. The lowest BCUT2D eigenvalue weighted by atomic mass is 10.1. The second kappa shape index (κ2) is 6.03. The maximum atomic E-state index is 12.9. The van der Waals surface area contributed by atoms with E-state index in [0.29, 0.717) is 5.56 Å². The van der Waals surface area contributed by atoms with Crippen molar-refractivity contribution in [1.82, 2.24) is 4.31 Å². The molecule has 0 aromatic heterocycles. The first kappa shape index (κ1) is 16.7. The van der Waals surface area contributed by atoms with Crippen LogP contribution in [0.2, 0.25) is 0 Å². The summed E-state index contributed by atoms with van der Waals surface area (Å²) in [6.45, 7) is 2.02. The molecule has 2 aromatic rings. The molecule has 1 atom stereocenters. The second-order valence-electron chi connectivity index (χ2n) is 6.17. The standard InChI is InChI=1S/C18H20N2O3S/c1-13-12-15-6-4-5-7-17(15)20(13)18(21)14-8-10-16(11-9-14)24(22,23)19(2)3/h4-11,13H,12H2,1-3H3. The molecule has 0 radical (unpaired) electrons. The fourth-order valence-corrected chi connectivity index (χ4v) is 3.90. The van der Waals surface area contributed by atoms with Gasteiger partial charge in [0.15, 0.2) is 0 Å². The van der Waals surface area contributed by atoms with E-state index in [1.165, 1.54) is 26.2 Å². The smallest absolute Gasteiger partial charge is 0.258 e. The number of sulfonamides is 1. The van der Waals surface area contributed by atoms with E-state index in [9.17, 15) is 13.2 Å². The lowest BCUT2D eigenvalue weighted by molar-refractivity contribution is 0.0981. The average Bonchev–Trinajstić information content (AvgIpc) is 2.90. The summed E-state index contributed by atoms with van der Waals surface area (Å²) in [6, 6.07) is 14.1. The van der Waals surface area contributed by atoms with Crippen LogP contribution in [0.25, 0.3) is 0 Å². The fraction of sp³-hybridized carbons (Fsp3) is 0.278. The van der Waals surface area contributed by atoms with E-state index >= 15 is 0 Å². The monoisotopic (exact) mass is 344 g/mol. The Bertz CT molecular complexity index is 873. The lowest BCUT2D eigenvalue weighted by Crippen LogP contribution is -2.35. The highest BCUT2D eigenvalue weighted by molar-refractivity contribution is 7.89.